The second kappa shape index (κ2) is 7.73. The van der Waals surface area contributed by atoms with Crippen LogP contribution in [0.1, 0.15) is 19.4 Å². The van der Waals surface area contributed by atoms with Gasteiger partial charge in [0.1, 0.15) is 0 Å². The Kier molecular flexibility index (Phi) is 6.63. The van der Waals surface area contributed by atoms with E-state index in [9.17, 15) is 0 Å². The molecule has 1 rings (SSSR count). The molecule has 0 bridgehead atoms. The van der Waals surface area contributed by atoms with Crippen molar-refractivity contribution in [2.24, 2.45) is 5.92 Å². The fraction of sp³-hybridized carbons (Fsp3) is 0.600. The van der Waals surface area contributed by atoms with E-state index in [4.69, 9.17) is 16.7 Å². The second-order valence-corrected chi connectivity index (χ2v) is 5.98. The molecule has 0 unspecified atom stereocenters. The minimum absolute atomic E-state index is 0.0129. The van der Waals surface area contributed by atoms with Crippen molar-refractivity contribution in [2.75, 3.05) is 38.6 Å². The number of rotatable bonds is 7. The third-order valence-electron chi connectivity index (χ3n) is 2.97. The van der Waals surface area contributed by atoms with Gasteiger partial charge in [-0.05, 0) is 37.7 Å². The number of aliphatic hydroxyl groups is 1. The van der Waals surface area contributed by atoms with Gasteiger partial charge < -0.3 is 14.9 Å². The zero-order chi connectivity index (χ0) is 14.4. The van der Waals surface area contributed by atoms with Gasteiger partial charge in [0.15, 0.2) is 0 Å². The average molecular weight is 285 g/mol. The average Bonchev–Trinajstić information content (AvgIpc) is 2.33. The Morgan fingerprint density at radius 3 is 2.37 bits per heavy atom. The normalized spacial score (nSPS) is 11.4. The predicted molar refractivity (Wildman–Crippen MR) is 83.0 cm³/mol. The number of halogens is 1. The van der Waals surface area contributed by atoms with Crippen LogP contribution in [0.15, 0.2) is 18.2 Å². The Morgan fingerprint density at radius 1 is 1.21 bits per heavy atom. The number of nitrogens with zero attached hydrogens (tertiary/aromatic N) is 2. The van der Waals surface area contributed by atoms with Crippen LogP contribution in [0.25, 0.3) is 0 Å². The van der Waals surface area contributed by atoms with Gasteiger partial charge in [-0.3, -0.25) is 0 Å². The van der Waals surface area contributed by atoms with Gasteiger partial charge in [0, 0.05) is 30.3 Å². The maximum absolute atomic E-state index is 9.16. The standard InChI is InChI=1S/C15H25ClN2O/c1-12(2)10-18(8-7-17(3)4)14-6-5-13(11-19)15(16)9-14/h5-6,9,12,19H,7-8,10-11H2,1-4H3. The minimum Gasteiger partial charge on any atom is -0.392 e. The molecule has 0 aliphatic carbocycles. The number of hydrogen-bond donors (Lipinski definition) is 1. The summed E-state index contributed by atoms with van der Waals surface area (Å²) in [6, 6.07) is 5.89. The summed E-state index contributed by atoms with van der Waals surface area (Å²) in [6.07, 6.45) is 0. The summed E-state index contributed by atoms with van der Waals surface area (Å²) in [5.41, 5.74) is 1.90. The number of likely N-dealkylation sites (N-methyl/N-ethyl adjacent to an activating group) is 1. The summed E-state index contributed by atoms with van der Waals surface area (Å²) in [5, 5.41) is 9.80. The highest BCUT2D eigenvalue weighted by molar-refractivity contribution is 6.31. The van der Waals surface area contributed by atoms with Gasteiger partial charge in [0.05, 0.1) is 6.61 Å². The molecule has 1 N–H and O–H groups in total. The fourth-order valence-corrected chi connectivity index (χ4v) is 2.18. The molecule has 0 spiro atoms. The van der Waals surface area contributed by atoms with Crippen LogP contribution in [0.2, 0.25) is 5.02 Å². The van der Waals surface area contributed by atoms with Crippen LogP contribution in [0, 0.1) is 5.92 Å². The Hall–Kier alpha value is -0.770. The molecule has 0 aliphatic heterocycles. The summed E-state index contributed by atoms with van der Waals surface area (Å²) in [6.45, 7) is 7.40. The third kappa shape index (κ3) is 5.39. The third-order valence-corrected chi connectivity index (χ3v) is 3.33. The quantitative estimate of drug-likeness (QED) is 0.834. The van der Waals surface area contributed by atoms with Gasteiger partial charge in [-0.2, -0.15) is 0 Å². The molecule has 0 radical (unpaired) electrons. The fourth-order valence-electron chi connectivity index (χ4n) is 1.95. The largest absolute Gasteiger partial charge is 0.392 e. The Bertz CT molecular complexity index is 394. The van der Waals surface area contributed by atoms with E-state index < -0.39 is 0 Å². The van der Waals surface area contributed by atoms with Crippen molar-refractivity contribution in [1.29, 1.82) is 0 Å². The van der Waals surface area contributed by atoms with Gasteiger partial charge in [-0.25, -0.2) is 0 Å². The summed E-state index contributed by atoms with van der Waals surface area (Å²) in [7, 11) is 4.16. The van der Waals surface area contributed by atoms with E-state index >= 15 is 0 Å². The van der Waals surface area contributed by atoms with Crippen LogP contribution in [-0.2, 0) is 6.61 Å². The maximum Gasteiger partial charge on any atom is 0.0696 e. The number of anilines is 1. The van der Waals surface area contributed by atoms with Crippen molar-refractivity contribution in [3.8, 4) is 0 Å². The number of hydrogen-bond acceptors (Lipinski definition) is 3. The summed E-state index contributed by atoms with van der Waals surface area (Å²) in [4.78, 5) is 4.52. The highest BCUT2D eigenvalue weighted by atomic mass is 35.5. The van der Waals surface area contributed by atoms with E-state index in [1.54, 1.807) is 0 Å². The van der Waals surface area contributed by atoms with E-state index in [0.29, 0.717) is 10.9 Å². The van der Waals surface area contributed by atoms with Crippen LogP contribution in [0.3, 0.4) is 0 Å². The van der Waals surface area contributed by atoms with Crippen LogP contribution >= 0.6 is 11.6 Å². The Labute approximate surface area is 121 Å². The first-order chi connectivity index (χ1) is 8.93. The molecule has 19 heavy (non-hydrogen) atoms. The SMILES string of the molecule is CC(C)CN(CCN(C)C)c1ccc(CO)c(Cl)c1. The predicted octanol–water partition coefficient (Wildman–Crippen LogP) is 2.86. The number of aliphatic hydroxyl groups excluding tert-OH is 1. The van der Waals surface area contributed by atoms with Crippen LogP contribution in [-0.4, -0.2) is 43.7 Å². The summed E-state index contributed by atoms with van der Waals surface area (Å²) < 4.78 is 0. The van der Waals surface area contributed by atoms with Gasteiger partial charge in [0.2, 0.25) is 0 Å². The molecular formula is C15H25ClN2O. The molecule has 0 aliphatic rings. The Morgan fingerprint density at radius 2 is 1.89 bits per heavy atom. The van der Waals surface area contributed by atoms with Gasteiger partial charge in [-0.1, -0.05) is 31.5 Å². The highest BCUT2D eigenvalue weighted by Gasteiger charge is 2.11. The minimum atomic E-state index is -0.0129. The smallest absolute Gasteiger partial charge is 0.0696 e. The first kappa shape index (κ1) is 16.3. The van der Waals surface area contributed by atoms with Crippen molar-refractivity contribution < 1.29 is 5.11 Å². The van der Waals surface area contributed by atoms with Crippen LogP contribution < -0.4 is 4.90 Å². The lowest BCUT2D eigenvalue weighted by Gasteiger charge is -2.28. The lowest BCUT2D eigenvalue weighted by atomic mass is 10.1. The molecule has 4 heteroatoms. The molecule has 0 saturated heterocycles. The topological polar surface area (TPSA) is 26.7 Å². The van der Waals surface area contributed by atoms with Crippen molar-refractivity contribution >= 4 is 17.3 Å². The molecule has 0 atom stereocenters. The first-order valence-corrected chi connectivity index (χ1v) is 7.10. The monoisotopic (exact) mass is 284 g/mol. The molecule has 1 aromatic rings. The van der Waals surface area contributed by atoms with Crippen molar-refractivity contribution in [3.05, 3.63) is 28.8 Å². The zero-order valence-electron chi connectivity index (χ0n) is 12.4. The molecule has 0 heterocycles. The molecule has 0 saturated carbocycles. The number of benzene rings is 1. The van der Waals surface area contributed by atoms with Crippen molar-refractivity contribution in [2.45, 2.75) is 20.5 Å². The van der Waals surface area contributed by atoms with Crippen LogP contribution in [0.5, 0.6) is 0 Å². The van der Waals surface area contributed by atoms with E-state index in [0.717, 1.165) is 30.9 Å². The molecule has 0 amide bonds. The molecule has 108 valence electrons. The molecule has 0 fully saturated rings. The Balaban J connectivity index is 2.86. The molecular weight excluding hydrogens is 260 g/mol. The van der Waals surface area contributed by atoms with E-state index in [1.165, 1.54) is 0 Å². The van der Waals surface area contributed by atoms with E-state index in [1.807, 2.05) is 18.2 Å². The maximum atomic E-state index is 9.16. The second-order valence-electron chi connectivity index (χ2n) is 5.58. The zero-order valence-corrected chi connectivity index (χ0v) is 13.1. The summed E-state index contributed by atoms with van der Waals surface area (Å²) >= 11 is 6.18. The van der Waals surface area contributed by atoms with E-state index in [2.05, 4.69) is 37.7 Å². The molecule has 1 aromatic carbocycles. The lowest BCUT2D eigenvalue weighted by molar-refractivity contribution is 0.282. The van der Waals surface area contributed by atoms with Gasteiger partial charge >= 0.3 is 0 Å². The first-order valence-electron chi connectivity index (χ1n) is 6.73. The molecule has 3 nitrogen and oxygen atoms in total. The van der Waals surface area contributed by atoms with Crippen LogP contribution in [0.4, 0.5) is 5.69 Å². The summed E-state index contributed by atoms with van der Waals surface area (Å²) in [5.74, 6) is 0.596. The highest BCUT2D eigenvalue weighted by Crippen LogP contribution is 2.24. The van der Waals surface area contributed by atoms with Gasteiger partial charge in [0.25, 0.3) is 0 Å². The van der Waals surface area contributed by atoms with Gasteiger partial charge in [-0.15, -0.1) is 0 Å². The van der Waals surface area contributed by atoms with E-state index in [-0.39, 0.29) is 6.61 Å². The van der Waals surface area contributed by atoms with Crippen molar-refractivity contribution in [3.63, 3.8) is 0 Å². The van der Waals surface area contributed by atoms with Crippen molar-refractivity contribution in [1.82, 2.24) is 4.90 Å². The lowest BCUT2D eigenvalue weighted by Crippen LogP contribution is -2.34. The molecule has 0 aromatic heterocycles.